The molecule has 0 fully saturated rings. The number of nitrogens with zero attached hydrogens (tertiary/aromatic N) is 1. The van der Waals surface area contributed by atoms with Crippen molar-refractivity contribution in [1.29, 1.82) is 0 Å². The fourth-order valence-electron chi connectivity index (χ4n) is 3.73. The van der Waals surface area contributed by atoms with E-state index >= 15 is 0 Å². The second-order valence-electron chi connectivity index (χ2n) is 7.78. The van der Waals surface area contributed by atoms with Gasteiger partial charge in [0.1, 0.15) is 17.0 Å². The molecule has 0 aliphatic rings. The van der Waals surface area contributed by atoms with Crippen LogP contribution in [0.15, 0.2) is 70.0 Å². The van der Waals surface area contributed by atoms with Crippen LogP contribution in [0.3, 0.4) is 0 Å². The van der Waals surface area contributed by atoms with Crippen molar-refractivity contribution in [2.75, 3.05) is 5.32 Å². The van der Waals surface area contributed by atoms with Crippen molar-refractivity contribution < 1.29 is 17.6 Å². The second-order valence-corrected chi connectivity index (χ2v) is 7.78. The minimum atomic E-state index is -4.49. The van der Waals surface area contributed by atoms with Crippen molar-refractivity contribution in [2.24, 2.45) is 0 Å². The Kier molecular flexibility index (Phi) is 5.50. The normalized spacial score (nSPS) is 12.7. The highest BCUT2D eigenvalue weighted by molar-refractivity contribution is 5.84. The van der Waals surface area contributed by atoms with Crippen molar-refractivity contribution in [3.8, 4) is 11.3 Å². The number of hydrogen-bond donors (Lipinski definition) is 1. The van der Waals surface area contributed by atoms with Crippen molar-refractivity contribution in [3.63, 3.8) is 0 Å². The van der Waals surface area contributed by atoms with E-state index in [2.05, 4.69) is 10.3 Å². The summed E-state index contributed by atoms with van der Waals surface area (Å²) in [6.45, 7) is 5.48. The van der Waals surface area contributed by atoms with Gasteiger partial charge in [0.15, 0.2) is 5.43 Å². The van der Waals surface area contributed by atoms with E-state index in [1.165, 1.54) is 6.07 Å². The van der Waals surface area contributed by atoms with Gasteiger partial charge in [-0.25, -0.2) is 4.98 Å². The second kappa shape index (κ2) is 8.15. The van der Waals surface area contributed by atoms with Gasteiger partial charge in [-0.15, -0.1) is 0 Å². The average Bonchev–Trinajstić information content (AvgIpc) is 2.76. The van der Waals surface area contributed by atoms with E-state index in [0.29, 0.717) is 28.0 Å². The summed E-state index contributed by atoms with van der Waals surface area (Å²) in [5, 5.41) is 3.63. The first-order valence-electron chi connectivity index (χ1n) is 10.1. The lowest BCUT2D eigenvalue weighted by Crippen LogP contribution is -2.13. The summed E-state index contributed by atoms with van der Waals surface area (Å²) >= 11 is 0. The molecule has 0 spiro atoms. The van der Waals surface area contributed by atoms with Gasteiger partial charge in [-0.2, -0.15) is 13.2 Å². The van der Waals surface area contributed by atoms with Crippen molar-refractivity contribution >= 4 is 16.7 Å². The maximum absolute atomic E-state index is 13.1. The zero-order valence-corrected chi connectivity index (χ0v) is 17.7. The number of anilines is 1. The molecule has 0 amide bonds. The van der Waals surface area contributed by atoms with E-state index in [-0.39, 0.29) is 11.5 Å². The summed E-state index contributed by atoms with van der Waals surface area (Å²) in [4.78, 5) is 16.6. The molecule has 0 aliphatic carbocycles. The smallest absolute Gasteiger partial charge is 0.433 e. The minimum absolute atomic E-state index is 0.113. The molecule has 0 radical (unpaired) electrons. The quantitative estimate of drug-likeness (QED) is 0.387. The maximum atomic E-state index is 13.1. The highest BCUT2D eigenvalue weighted by Gasteiger charge is 2.32. The molecule has 4 rings (SSSR count). The number of aromatic nitrogens is 1. The zero-order valence-electron chi connectivity index (χ0n) is 17.7. The van der Waals surface area contributed by atoms with Gasteiger partial charge < -0.3 is 9.73 Å². The number of aryl methyl sites for hydroxylation is 1. The lowest BCUT2D eigenvalue weighted by Gasteiger charge is -2.19. The number of halogens is 3. The SMILES string of the molecule is Cc1cc([C@@H](C)Nc2ccc(C(F)(F)F)nc2)c2oc(-c3ccccc3)c(C)c(=O)c2c1. The van der Waals surface area contributed by atoms with Gasteiger partial charge in [-0.05, 0) is 44.5 Å². The fraction of sp³-hybridized carbons (Fsp3) is 0.200. The van der Waals surface area contributed by atoms with E-state index in [0.717, 1.165) is 29.0 Å². The van der Waals surface area contributed by atoms with Gasteiger partial charge >= 0.3 is 6.18 Å². The molecule has 4 aromatic rings. The Hall–Kier alpha value is -3.61. The largest absolute Gasteiger partial charge is 0.455 e. The van der Waals surface area contributed by atoms with Crippen molar-refractivity contribution in [2.45, 2.75) is 33.0 Å². The molecule has 0 saturated heterocycles. The summed E-state index contributed by atoms with van der Waals surface area (Å²) in [6, 6.07) is 15.0. The molecule has 7 heteroatoms. The molecule has 2 aromatic carbocycles. The number of hydrogen-bond acceptors (Lipinski definition) is 4. The first-order chi connectivity index (χ1) is 15.1. The summed E-state index contributed by atoms with van der Waals surface area (Å²) in [7, 11) is 0. The van der Waals surface area contributed by atoms with Gasteiger partial charge in [0, 0.05) is 16.7 Å². The maximum Gasteiger partial charge on any atom is 0.433 e. The van der Waals surface area contributed by atoms with Crippen LogP contribution in [0.5, 0.6) is 0 Å². The van der Waals surface area contributed by atoms with E-state index in [1.54, 1.807) is 13.0 Å². The number of benzene rings is 2. The molecule has 2 aromatic heterocycles. The first kappa shape index (κ1) is 21.6. The molecular weight excluding hydrogens is 417 g/mol. The van der Waals surface area contributed by atoms with E-state index in [9.17, 15) is 18.0 Å². The van der Waals surface area contributed by atoms with E-state index in [4.69, 9.17) is 4.42 Å². The highest BCUT2D eigenvalue weighted by Crippen LogP contribution is 2.33. The Morgan fingerprint density at radius 3 is 2.38 bits per heavy atom. The van der Waals surface area contributed by atoms with Gasteiger partial charge in [0.05, 0.1) is 23.3 Å². The lowest BCUT2D eigenvalue weighted by molar-refractivity contribution is -0.141. The number of pyridine rings is 1. The highest BCUT2D eigenvalue weighted by atomic mass is 19.4. The Morgan fingerprint density at radius 2 is 1.75 bits per heavy atom. The summed E-state index contributed by atoms with van der Waals surface area (Å²) in [6.07, 6.45) is -3.35. The molecule has 4 nitrogen and oxygen atoms in total. The molecule has 0 aliphatic heterocycles. The van der Waals surface area contributed by atoms with Crippen LogP contribution in [-0.2, 0) is 6.18 Å². The standard InChI is InChI=1S/C25H21F3N2O2/c1-14-11-19(16(3)30-18-9-10-21(29-13-18)25(26,27)28)24-20(12-14)22(31)15(2)23(32-24)17-7-5-4-6-8-17/h4-13,16,30H,1-3H3/t16-/m1/s1. The number of alkyl halides is 3. The van der Waals surface area contributed by atoms with Crippen molar-refractivity contribution in [1.82, 2.24) is 4.98 Å². The van der Waals surface area contributed by atoms with Crippen LogP contribution in [0.1, 0.15) is 35.3 Å². The van der Waals surface area contributed by atoms with Crippen LogP contribution in [-0.4, -0.2) is 4.98 Å². The molecule has 1 atom stereocenters. The van der Waals surface area contributed by atoms with Crippen LogP contribution < -0.4 is 10.7 Å². The molecule has 32 heavy (non-hydrogen) atoms. The van der Waals surface area contributed by atoms with Crippen LogP contribution in [0, 0.1) is 13.8 Å². The van der Waals surface area contributed by atoms with E-state index in [1.807, 2.05) is 50.2 Å². The Balaban J connectivity index is 1.79. The molecule has 164 valence electrons. The molecule has 0 bridgehead atoms. The summed E-state index contributed by atoms with van der Waals surface area (Å²) in [5.41, 5.74) is 2.74. The molecule has 0 saturated carbocycles. The fourth-order valence-corrected chi connectivity index (χ4v) is 3.73. The first-order valence-corrected chi connectivity index (χ1v) is 10.1. The van der Waals surface area contributed by atoms with Crippen molar-refractivity contribution in [3.05, 3.63) is 93.4 Å². The number of fused-ring (bicyclic) bond motifs is 1. The van der Waals surface area contributed by atoms with Crippen LogP contribution in [0.4, 0.5) is 18.9 Å². The van der Waals surface area contributed by atoms with Crippen LogP contribution in [0.25, 0.3) is 22.3 Å². The Labute approximate surface area is 182 Å². The molecule has 2 heterocycles. The third-order valence-corrected chi connectivity index (χ3v) is 5.33. The topological polar surface area (TPSA) is 55.1 Å². The third-order valence-electron chi connectivity index (χ3n) is 5.33. The third kappa shape index (κ3) is 4.10. The number of rotatable bonds is 4. The van der Waals surface area contributed by atoms with Gasteiger partial charge in [-0.1, -0.05) is 36.4 Å². The number of nitrogens with one attached hydrogen (secondary N) is 1. The predicted octanol–water partition coefficient (Wildman–Crippen LogP) is 6.66. The monoisotopic (exact) mass is 438 g/mol. The van der Waals surface area contributed by atoms with E-state index < -0.39 is 11.9 Å². The molecule has 0 unspecified atom stereocenters. The summed E-state index contributed by atoms with van der Waals surface area (Å²) < 4.78 is 44.6. The molecule has 1 N–H and O–H groups in total. The molecular formula is C25H21F3N2O2. The van der Waals surface area contributed by atoms with Gasteiger partial charge in [0.25, 0.3) is 0 Å². The predicted molar refractivity (Wildman–Crippen MR) is 119 cm³/mol. The minimum Gasteiger partial charge on any atom is -0.455 e. The Bertz CT molecular complexity index is 1330. The van der Waals surface area contributed by atoms with Gasteiger partial charge in [-0.3, -0.25) is 4.79 Å². The van der Waals surface area contributed by atoms with Gasteiger partial charge in [0.2, 0.25) is 0 Å². The Morgan fingerprint density at radius 1 is 1.03 bits per heavy atom. The van der Waals surface area contributed by atoms with Crippen LogP contribution in [0.2, 0.25) is 0 Å². The lowest BCUT2D eigenvalue weighted by atomic mass is 9.99. The average molecular weight is 438 g/mol. The zero-order chi connectivity index (χ0) is 23.0. The van der Waals surface area contributed by atoms with Crippen LogP contribution >= 0.6 is 0 Å². The summed E-state index contributed by atoms with van der Waals surface area (Å²) in [5.74, 6) is 0.497.